The predicted octanol–water partition coefficient (Wildman–Crippen LogP) is 5.16. The lowest BCUT2D eigenvalue weighted by Crippen LogP contribution is -1.90. The molecule has 0 aliphatic carbocycles. The third kappa shape index (κ3) is 3.78. The van der Waals surface area contributed by atoms with Crippen molar-refractivity contribution in [2.24, 2.45) is 5.10 Å². The fourth-order valence-electron chi connectivity index (χ4n) is 1.83. The summed E-state index contributed by atoms with van der Waals surface area (Å²) in [6.45, 7) is 0. The van der Waals surface area contributed by atoms with Crippen molar-refractivity contribution in [3.8, 4) is 11.3 Å². The van der Waals surface area contributed by atoms with E-state index in [1.807, 2.05) is 29.6 Å². The van der Waals surface area contributed by atoms with Crippen LogP contribution >= 0.6 is 27.3 Å². The molecule has 1 N–H and O–H groups in total. The molecule has 22 heavy (non-hydrogen) atoms. The van der Waals surface area contributed by atoms with Gasteiger partial charge in [-0.1, -0.05) is 40.2 Å². The zero-order chi connectivity index (χ0) is 15.4. The first-order valence-corrected chi connectivity index (χ1v) is 8.14. The second-order valence-corrected chi connectivity index (χ2v) is 6.24. The molecule has 2 aromatic carbocycles. The van der Waals surface area contributed by atoms with Crippen LogP contribution in [0.25, 0.3) is 11.3 Å². The summed E-state index contributed by atoms with van der Waals surface area (Å²) in [6.07, 6.45) is 1.56. The third-order valence-electron chi connectivity index (χ3n) is 2.87. The molecule has 0 bridgehead atoms. The van der Waals surface area contributed by atoms with Crippen LogP contribution in [0.3, 0.4) is 0 Å². The molecule has 0 aliphatic heterocycles. The first-order chi connectivity index (χ1) is 10.7. The molecule has 0 saturated heterocycles. The van der Waals surface area contributed by atoms with E-state index in [1.165, 1.54) is 23.5 Å². The van der Waals surface area contributed by atoms with Crippen molar-refractivity contribution >= 4 is 38.6 Å². The van der Waals surface area contributed by atoms with Gasteiger partial charge in [0.2, 0.25) is 5.13 Å². The molecule has 0 saturated carbocycles. The van der Waals surface area contributed by atoms with Gasteiger partial charge in [0.25, 0.3) is 0 Å². The maximum Gasteiger partial charge on any atom is 0.203 e. The van der Waals surface area contributed by atoms with Gasteiger partial charge in [0.15, 0.2) is 0 Å². The number of halogens is 2. The molecular weight excluding hydrogens is 365 g/mol. The van der Waals surface area contributed by atoms with E-state index in [0.717, 1.165) is 15.7 Å². The van der Waals surface area contributed by atoms with Crippen LogP contribution in [0.2, 0.25) is 0 Å². The largest absolute Gasteiger partial charge is 0.253 e. The van der Waals surface area contributed by atoms with Crippen molar-refractivity contribution in [3.63, 3.8) is 0 Å². The van der Waals surface area contributed by atoms with Crippen molar-refractivity contribution in [2.45, 2.75) is 0 Å². The Labute approximate surface area is 139 Å². The molecule has 0 radical (unpaired) electrons. The molecule has 6 heteroatoms. The summed E-state index contributed by atoms with van der Waals surface area (Å²) in [5.74, 6) is -0.282. The standard InChI is InChI=1S/C16H11BrFN3S/c17-13-6-4-12(5-7-13)15-10-22-16(20-15)21-19-9-11-2-1-3-14(18)8-11/h1-10H,(H,20,21). The van der Waals surface area contributed by atoms with E-state index >= 15 is 0 Å². The maximum atomic E-state index is 13.0. The van der Waals surface area contributed by atoms with Crippen molar-refractivity contribution in [1.82, 2.24) is 4.98 Å². The molecule has 0 atom stereocenters. The number of hydrogen-bond acceptors (Lipinski definition) is 4. The summed E-state index contributed by atoms with van der Waals surface area (Å²) in [7, 11) is 0. The number of hydrogen-bond donors (Lipinski definition) is 1. The number of thiazole rings is 1. The van der Waals surface area contributed by atoms with Crippen molar-refractivity contribution in [1.29, 1.82) is 0 Å². The number of hydrazone groups is 1. The van der Waals surface area contributed by atoms with E-state index in [-0.39, 0.29) is 5.82 Å². The number of nitrogens with zero attached hydrogens (tertiary/aromatic N) is 2. The number of benzene rings is 2. The van der Waals surface area contributed by atoms with Crippen LogP contribution in [0.5, 0.6) is 0 Å². The highest BCUT2D eigenvalue weighted by molar-refractivity contribution is 9.10. The lowest BCUT2D eigenvalue weighted by atomic mass is 10.2. The molecule has 3 nitrogen and oxygen atoms in total. The summed E-state index contributed by atoms with van der Waals surface area (Å²) in [5.41, 5.74) is 5.48. The van der Waals surface area contributed by atoms with E-state index in [4.69, 9.17) is 0 Å². The fraction of sp³-hybridized carbons (Fsp3) is 0. The number of nitrogens with one attached hydrogen (secondary N) is 1. The Bertz CT molecular complexity index is 799. The summed E-state index contributed by atoms with van der Waals surface area (Å²) < 4.78 is 14.1. The topological polar surface area (TPSA) is 37.3 Å². The maximum absolute atomic E-state index is 13.0. The highest BCUT2D eigenvalue weighted by Crippen LogP contribution is 2.25. The van der Waals surface area contributed by atoms with Gasteiger partial charge in [-0.3, -0.25) is 5.43 Å². The molecule has 3 aromatic rings. The first kappa shape index (κ1) is 14.9. The quantitative estimate of drug-likeness (QED) is 0.505. The van der Waals surface area contributed by atoms with E-state index < -0.39 is 0 Å². The minimum Gasteiger partial charge on any atom is -0.253 e. The van der Waals surface area contributed by atoms with Gasteiger partial charge in [-0.25, -0.2) is 9.37 Å². The molecule has 3 rings (SSSR count). The SMILES string of the molecule is Fc1cccc(C=NNc2nc(-c3ccc(Br)cc3)cs2)c1. The Morgan fingerprint density at radius 1 is 1.18 bits per heavy atom. The molecule has 0 unspecified atom stereocenters. The summed E-state index contributed by atoms with van der Waals surface area (Å²) in [6, 6.07) is 14.2. The van der Waals surface area contributed by atoms with Gasteiger partial charge in [-0.2, -0.15) is 5.10 Å². The lowest BCUT2D eigenvalue weighted by molar-refractivity contribution is 0.627. The van der Waals surface area contributed by atoms with Crippen LogP contribution in [-0.2, 0) is 0 Å². The molecular formula is C16H11BrFN3S. The first-order valence-electron chi connectivity index (χ1n) is 6.47. The van der Waals surface area contributed by atoms with Gasteiger partial charge in [0.05, 0.1) is 11.9 Å². The average molecular weight is 376 g/mol. The van der Waals surface area contributed by atoms with Crippen LogP contribution in [0, 0.1) is 5.82 Å². The van der Waals surface area contributed by atoms with E-state index in [1.54, 1.807) is 18.3 Å². The van der Waals surface area contributed by atoms with E-state index in [2.05, 4.69) is 31.4 Å². The van der Waals surface area contributed by atoms with Crippen LogP contribution in [0.1, 0.15) is 5.56 Å². The van der Waals surface area contributed by atoms with Gasteiger partial charge in [-0.15, -0.1) is 11.3 Å². The van der Waals surface area contributed by atoms with Gasteiger partial charge < -0.3 is 0 Å². The monoisotopic (exact) mass is 375 g/mol. The minimum absolute atomic E-state index is 0.282. The Morgan fingerprint density at radius 2 is 2.00 bits per heavy atom. The summed E-state index contributed by atoms with van der Waals surface area (Å²) in [5, 5.41) is 6.72. The zero-order valence-corrected chi connectivity index (χ0v) is 13.7. The van der Waals surface area contributed by atoms with E-state index in [9.17, 15) is 4.39 Å². The fourth-order valence-corrected chi connectivity index (χ4v) is 2.76. The second-order valence-electron chi connectivity index (χ2n) is 4.47. The Hall–Kier alpha value is -2.05. The molecule has 110 valence electrons. The molecule has 0 aliphatic rings. The molecule has 1 aromatic heterocycles. The van der Waals surface area contributed by atoms with Crippen LogP contribution in [0.15, 0.2) is 63.5 Å². The van der Waals surface area contributed by atoms with Crippen molar-refractivity contribution in [3.05, 3.63) is 69.8 Å². The summed E-state index contributed by atoms with van der Waals surface area (Å²) >= 11 is 4.87. The van der Waals surface area contributed by atoms with Crippen LogP contribution in [-0.4, -0.2) is 11.2 Å². The van der Waals surface area contributed by atoms with Gasteiger partial charge in [0.1, 0.15) is 5.82 Å². The van der Waals surface area contributed by atoms with E-state index in [0.29, 0.717) is 10.7 Å². The normalized spacial score (nSPS) is 11.0. The molecule has 0 spiro atoms. The minimum atomic E-state index is -0.282. The van der Waals surface area contributed by atoms with Crippen LogP contribution < -0.4 is 5.43 Å². The Morgan fingerprint density at radius 3 is 2.77 bits per heavy atom. The lowest BCUT2D eigenvalue weighted by Gasteiger charge is -1.97. The average Bonchev–Trinajstić information content (AvgIpc) is 2.97. The third-order valence-corrected chi connectivity index (χ3v) is 4.14. The van der Waals surface area contributed by atoms with Crippen LogP contribution in [0.4, 0.5) is 9.52 Å². The van der Waals surface area contributed by atoms with Gasteiger partial charge in [0, 0.05) is 15.4 Å². The van der Waals surface area contributed by atoms with Gasteiger partial charge in [-0.05, 0) is 29.8 Å². The number of rotatable bonds is 4. The number of anilines is 1. The molecule has 1 heterocycles. The highest BCUT2D eigenvalue weighted by Gasteiger charge is 2.03. The smallest absolute Gasteiger partial charge is 0.203 e. The highest BCUT2D eigenvalue weighted by atomic mass is 79.9. The Balaban J connectivity index is 1.68. The molecule has 0 amide bonds. The van der Waals surface area contributed by atoms with Gasteiger partial charge >= 0.3 is 0 Å². The predicted molar refractivity (Wildman–Crippen MR) is 92.9 cm³/mol. The molecule has 0 fully saturated rings. The summed E-state index contributed by atoms with van der Waals surface area (Å²) in [4.78, 5) is 4.46. The number of aromatic nitrogens is 1. The zero-order valence-electron chi connectivity index (χ0n) is 11.3. The second kappa shape index (κ2) is 6.81. The Kier molecular flexibility index (Phi) is 4.60. The van der Waals surface area contributed by atoms with Crippen molar-refractivity contribution in [2.75, 3.05) is 5.43 Å². The van der Waals surface area contributed by atoms with Crippen molar-refractivity contribution < 1.29 is 4.39 Å².